The molecule has 2 unspecified atom stereocenters. The first kappa shape index (κ1) is 11.0. The largest absolute Gasteiger partial charge is 0.376 e. The molecule has 0 aromatic rings. The Hall–Kier alpha value is -0.120. The van der Waals surface area contributed by atoms with Gasteiger partial charge in [0.25, 0.3) is 0 Å². The predicted octanol–water partition coefficient (Wildman–Crippen LogP) is 0.988. The number of nitrogens with zero attached hydrogens (tertiary/aromatic N) is 1. The highest BCUT2D eigenvalue weighted by atomic mass is 16.6. The highest BCUT2D eigenvalue weighted by Gasteiger charge is 2.25. The van der Waals surface area contributed by atoms with Gasteiger partial charge in [0.15, 0.2) is 0 Å². The van der Waals surface area contributed by atoms with E-state index in [1.807, 2.05) is 0 Å². The molecular formula is C10H21NO2. The lowest BCUT2D eigenvalue weighted by molar-refractivity contribution is -0.155. The summed E-state index contributed by atoms with van der Waals surface area (Å²) in [6, 6.07) is 0. The van der Waals surface area contributed by atoms with Crippen LogP contribution in [0.4, 0.5) is 0 Å². The van der Waals surface area contributed by atoms with E-state index in [1.165, 1.54) is 0 Å². The second-order valence-corrected chi connectivity index (χ2v) is 4.34. The summed E-state index contributed by atoms with van der Waals surface area (Å²) in [6.45, 7) is 6.78. The quantitative estimate of drug-likeness (QED) is 0.657. The van der Waals surface area contributed by atoms with E-state index in [0.717, 1.165) is 19.8 Å². The van der Waals surface area contributed by atoms with E-state index < -0.39 is 0 Å². The van der Waals surface area contributed by atoms with Crippen molar-refractivity contribution in [3.8, 4) is 0 Å². The van der Waals surface area contributed by atoms with E-state index in [-0.39, 0.29) is 12.2 Å². The predicted molar refractivity (Wildman–Crippen MR) is 52.9 cm³/mol. The lowest BCUT2D eigenvalue weighted by Gasteiger charge is -2.33. The van der Waals surface area contributed by atoms with Crippen molar-refractivity contribution >= 4 is 0 Å². The summed E-state index contributed by atoms with van der Waals surface area (Å²) in [5.74, 6) is 0.546. The van der Waals surface area contributed by atoms with Gasteiger partial charge in [-0.3, -0.25) is 0 Å². The fourth-order valence-corrected chi connectivity index (χ4v) is 1.49. The van der Waals surface area contributed by atoms with Gasteiger partial charge in [-0.25, -0.2) is 0 Å². The Morgan fingerprint density at radius 3 is 2.54 bits per heavy atom. The molecule has 1 rings (SSSR count). The summed E-state index contributed by atoms with van der Waals surface area (Å²) in [6.07, 6.45) is 0.523. The molecule has 2 atom stereocenters. The molecule has 78 valence electrons. The van der Waals surface area contributed by atoms with Gasteiger partial charge in [0.05, 0.1) is 25.4 Å². The van der Waals surface area contributed by atoms with Gasteiger partial charge in [-0.05, 0) is 20.0 Å². The first-order chi connectivity index (χ1) is 6.09. The van der Waals surface area contributed by atoms with Gasteiger partial charge in [0.1, 0.15) is 0 Å². The van der Waals surface area contributed by atoms with Gasteiger partial charge in [0.2, 0.25) is 0 Å². The monoisotopic (exact) mass is 187 g/mol. The molecule has 3 heteroatoms. The van der Waals surface area contributed by atoms with Crippen LogP contribution >= 0.6 is 0 Å². The van der Waals surface area contributed by atoms with Gasteiger partial charge in [-0.1, -0.05) is 13.8 Å². The number of hydrogen-bond acceptors (Lipinski definition) is 3. The number of rotatable bonds is 3. The molecule has 0 N–H and O–H groups in total. The van der Waals surface area contributed by atoms with Crippen LogP contribution in [0, 0.1) is 5.92 Å². The second kappa shape index (κ2) is 4.94. The maximum absolute atomic E-state index is 5.89. The van der Waals surface area contributed by atoms with E-state index >= 15 is 0 Å². The van der Waals surface area contributed by atoms with Gasteiger partial charge >= 0.3 is 0 Å². The molecule has 0 spiro atoms. The summed E-state index contributed by atoms with van der Waals surface area (Å²) >= 11 is 0. The average molecular weight is 187 g/mol. The van der Waals surface area contributed by atoms with Gasteiger partial charge in [-0.15, -0.1) is 0 Å². The van der Waals surface area contributed by atoms with Crippen molar-refractivity contribution in [2.24, 2.45) is 5.92 Å². The van der Waals surface area contributed by atoms with Crippen molar-refractivity contribution in [2.75, 3.05) is 33.9 Å². The maximum atomic E-state index is 5.89. The Kier molecular flexibility index (Phi) is 4.16. The van der Waals surface area contributed by atoms with E-state index in [1.54, 1.807) is 0 Å². The summed E-state index contributed by atoms with van der Waals surface area (Å²) in [4.78, 5) is 2.14. The van der Waals surface area contributed by atoms with Gasteiger partial charge in [0, 0.05) is 6.54 Å². The molecule has 0 bridgehead atoms. The molecule has 0 aromatic heterocycles. The van der Waals surface area contributed by atoms with Crippen LogP contribution in [0.1, 0.15) is 13.8 Å². The fraction of sp³-hybridized carbons (Fsp3) is 1.00. The summed E-state index contributed by atoms with van der Waals surface area (Å²) < 4.78 is 11.4. The zero-order valence-electron chi connectivity index (χ0n) is 9.12. The lowest BCUT2D eigenvalue weighted by atomic mass is 10.1. The molecular weight excluding hydrogens is 166 g/mol. The first-order valence-corrected chi connectivity index (χ1v) is 4.97. The molecule has 0 aliphatic carbocycles. The normalized spacial score (nSPS) is 30.0. The minimum absolute atomic E-state index is 0.246. The molecule has 3 nitrogen and oxygen atoms in total. The Bertz CT molecular complexity index is 148. The van der Waals surface area contributed by atoms with Crippen molar-refractivity contribution in [1.82, 2.24) is 4.90 Å². The van der Waals surface area contributed by atoms with Crippen LogP contribution in [0.5, 0.6) is 0 Å². The van der Waals surface area contributed by atoms with Crippen LogP contribution in [-0.2, 0) is 9.47 Å². The highest BCUT2D eigenvalue weighted by molar-refractivity contribution is 4.72. The molecule has 1 heterocycles. The summed E-state index contributed by atoms with van der Waals surface area (Å²) in [7, 11) is 4.12. The van der Waals surface area contributed by atoms with Crippen molar-refractivity contribution in [1.29, 1.82) is 0 Å². The SMILES string of the molecule is CC(C)C1COCC(CN(C)C)O1. The van der Waals surface area contributed by atoms with Crippen molar-refractivity contribution < 1.29 is 9.47 Å². The molecule has 1 saturated heterocycles. The Labute approximate surface area is 81.0 Å². The molecule has 1 aliphatic rings. The van der Waals surface area contributed by atoms with E-state index in [9.17, 15) is 0 Å². The third kappa shape index (κ3) is 3.63. The smallest absolute Gasteiger partial charge is 0.0939 e. The molecule has 1 aliphatic heterocycles. The van der Waals surface area contributed by atoms with Crippen LogP contribution in [0.2, 0.25) is 0 Å². The molecule has 0 aromatic carbocycles. The Balaban J connectivity index is 2.33. The van der Waals surface area contributed by atoms with E-state index in [4.69, 9.17) is 9.47 Å². The van der Waals surface area contributed by atoms with Crippen molar-refractivity contribution in [3.05, 3.63) is 0 Å². The van der Waals surface area contributed by atoms with Gasteiger partial charge in [-0.2, -0.15) is 0 Å². The van der Waals surface area contributed by atoms with Crippen LogP contribution in [-0.4, -0.2) is 51.0 Å². The lowest BCUT2D eigenvalue weighted by Crippen LogP contribution is -2.43. The fourth-order valence-electron chi connectivity index (χ4n) is 1.49. The molecule has 1 fully saturated rings. The van der Waals surface area contributed by atoms with Crippen LogP contribution in [0.25, 0.3) is 0 Å². The number of likely N-dealkylation sites (N-methyl/N-ethyl adjacent to an activating group) is 1. The molecule has 0 saturated carbocycles. The van der Waals surface area contributed by atoms with E-state index in [0.29, 0.717) is 5.92 Å². The third-order valence-electron chi connectivity index (χ3n) is 2.27. The number of ether oxygens (including phenoxy) is 2. The van der Waals surface area contributed by atoms with Crippen LogP contribution in [0.3, 0.4) is 0 Å². The first-order valence-electron chi connectivity index (χ1n) is 4.97. The maximum Gasteiger partial charge on any atom is 0.0939 e. The Morgan fingerprint density at radius 2 is 2.00 bits per heavy atom. The standard InChI is InChI=1S/C10H21NO2/c1-8(2)10-7-12-6-9(13-10)5-11(3)4/h8-10H,5-7H2,1-4H3. The zero-order valence-corrected chi connectivity index (χ0v) is 9.12. The van der Waals surface area contributed by atoms with E-state index in [2.05, 4.69) is 32.8 Å². The third-order valence-corrected chi connectivity index (χ3v) is 2.27. The summed E-state index contributed by atoms with van der Waals surface area (Å²) in [5.41, 5.74) is 0. The minimum Gasteiger partial charge on any atom is -0.376 e. The Morgan fingerprint density at radius 1 is 1.31 bits per heavy atom. The molecule has 0 amide bonds. The summed E-state index contributed by atoms with van der Waals surface area (Å²) in [5, 5.41) is 0. The number of hydrogen-bond donors (Lipinski definition) is 0. The van der Waals surface area contributed by atoms with Crippen molar-refractivity contribution in [2.45, 2.75) is 26.1 Å². The topological polar surface area (TPSA) is 21.7 Å². The zero-order chi connectivity index (χ0) is 9.84. The van der Waals surface area contributed by atoms with Gasteiger partial charge < -0.3 is 14.4 Å². The average Bonchev–Trinajstić information content (AvgIpc) is 2.03. The van der Waals surface area contributed by atoms with Crippen LogP contribution < -0.4 is 0 Å². The molecule has 0 radical (unpaired) electrons. The molecule has 13 heavy (non-hydrogen) atoms. The highest BCUT2D eigenvalue weighted by Crippen LogP contribution is 2.15. The second-order valence-electron chi connectivity index (χ2n) is 4.34. The van der Waals surface area contributed by atoms with Crippen LogP contribution in [0.15, 0.2) is 0 Å². The minimum atomic E-state index is 0.246. The van der Waals surface area contributed by atoms with Crippen molar-refractivity contribution in [3.63, 3.8) is 0 Å².